The van der Waals surface area contributed by atoms with Crippen LogP contribution in [0.4, 0.5) is 6.01 Å². The number of carbonyl (C=O) groups excluding carboxylic acids is 6. The molecule has 14 nitrogen and oxygen atoms in total. The van der Waals surface area contributed by atoms with Crippen LogP contribution >= 0.6 is 0 Å². The number of ether oxygens (including phenoxy) is 1. The molecule has 0 bridgehead atoms. The maximum atomic E-state index is 13.3. The van der Waals surface area contributed by atoms with Crippen molar-refractivity contribution < 1.29 is 37.9 Å². The Kier molecular flexibility index (Phi) is 15.9. The zero-order valence-electron chi connectivity index (χ0n) is 33.9. The summed E-state index contributed by atoms with van der Waals surface area (Å²) in [4.78, 5) is 82.8. The van der Waals surface area contributed by atoms with Gasteiger partial charge in [0.1, 0.15) is 11.7 Å². The van der Waals surface area contributed by atoms with E-state index in [1.54, 1.807) is 18.7 Å². The number of nitrogens with two attached hydrogens (primary N) is 1. The first kappa shape index (κ1) is 43.8. The van der Waals surface area contributed by atoms with Gasteiger partial charge < -0.3 is 30.4 Å². The van der Waals surface area contributed by atoms with Gasteiger partial charge in [-0.15, -0.1) is 0 Å². The maximum absolute atomic E-state index is 13.3. The molecule has 2 heterocycles. The van der Waals surface area contributed by atoms with Crippen LogP contribution in [0.1, 0.15) is 99.0 Å². The van der Waals surface area contributed by atoms with Gasteiger partial charge in [0.25, 0.3) is 11.9 Å². The molecule has 0 saturated carbocycles. The Balaban J connectivity index is 1.02. The minimum atomic E-state index is -1.16. The summed E-state index contributed by atoms with van der Waals surface area (Å²) in [6, 6.07) is 24.8. The number of nitrogens with zero attached hydrogens (tertiary/aromatic N) is 2. The van der Waals surface area contributed by atoms with Crippen LogP contribution in [-0.2, 0) is 37.1 Å². The van der Waals surface area contributed by atoms with E-state index in [9.17, 15) is 28.8 Å². The van der Waals surface area contributed by atoms with Gasteiger partial charge in [-0.05, 0) is 47.6 Å². The molecular weight excluding hydrogens is 753 g/mol. The highest BCUT2D eigenvalue weighted by atomic mass is 16.5. The topological polar surface area (TPSA) is 203 Å². The van der Waals surface area contributed by atoms with Crippen LogP contribution in [0.15, 0.2) is 95.5 Å². The number of unbranched alkanes of at least 4 members (excludes halogenated alkanes) is 4. The molecule has 0 spiro atoms. The minimum absolute atomic E-state index is 0.0610. The van der Waals surface area contributed by atoms with Crippen molar-refractivity contribution in [2.24, 2.45) is 17.8 Å². The standard InChI is InChI=1S/C45H54N6O8/c1-29(2)40(41(54)39-30(3)42(55)50-43(39)56)49-38(53)25-35(33-17-11-8-12-18-33)48-37(52)19-13-5-4-6-14-24-58-34-22-20-32(21-23-34)28-51(27-31-15-9-7-10-16-31)44(57)36-26-47-45(46)59-36/h7-12,15-18,20-23,26,29-30,35,39-40H,4-6,13-14,19,24-25,27-28H2,1-3H3,(H2,46,47)(H,48,52)(H,49,53)(H,50,55,56)/t30-,35-,39+,40-/m0/s1. The Morgan fingerprint density at radius 3 is 2.05 bits per heavy atom. The monoisotopic (exact) mass is 806 g/mol. The lowest BCUT2D eigenvalue weighted by atomic mass is 9.85. The van der Waals surface area contributed by atoms with Crippen molar-refractivity contribution in [3.05, 3.63) is 114 Å². The summed E-state index contributed by atoms with van der Waals surface area (Å²) in [7, 11) is 0. The van der Waals surface area contributed by atoms with Gasteiger partial charge in [0.2, 0.25) is 29.4 Å². The third kappa shape index (κ3) is 12.8. The van der Waals surface area contributed by atoms with Crippen molar-refractivity contribution in [3.63, 3.8) is 0 Å². The molecule has 3 aromatic carbocycles. The van der Waals surface area contributed by atoms with Crippen LogP contribution in [0.3, 0.4) is 0 Å². The number of rotatable bonds is 22. The van der Waals surface area contributed by atoms with Gasteiger partial charge in [0.15, 0.2) is 5.78 Å². The number of amides is 5. The zero-order valence-corrected chi connectivity index (χ0v) is 33.9. The number of benzene rings is 3. The maximum Gasteiger partial charge on any atom is 0.292 e. The van der Waals surface area contributed by atoms with E-state index in [2.05, 4.69) is 20.9 Å². The Morgan fingerprint density at radius 2 is 1.44 bits per heavy atom. The molecule has 5 N–H and O–H groups in total. The van der Waals surface area contributed by atoms with Gasteiger partial charge in [-0.3, -0.25) is 34.1 Å². The van der Waals surface area contributed by atoms with Crippen molar-refractivity contribution in [2.75, 3.05) is 12.3 Å². The second-order valence-corrected chi connectivity index (χ2v) is 15.3. The predicted molar refractivity (Wildman–Crippen MR) is 220 cm³/mol. The minimum Gasteiger partial charge on any atom is -0.494 e. The fraction of sp³-hybridized carbons (Fsp3) is 0.400. The molecule has 1 fully saturated rings. The third-order valence-corrected chi connectivity index (χ3v) is 10.3. The second-order valence-electron chi connectivity index (χ2n) is 15.3. The number of nitrogens with one attached hydrogen (secondary N) is 3. The number of ketones is 1. The highest BCUT2D eigenvalue weighted by molar-refractivity contribution is 6.16. The number of hydrogen-bond acceptors (Lipinski definition) is 10. The van der Waals surface area contributed by atoms with E-state index in [0.29, 0.717) is 32.5 Å². The van der Waals surface area contributed by atoms with Crippen molar-refractivity contribution in [1.29, 1.82) is 0 Å². The Labute approximate surface area is 344 Å². The van der Waals surface area contributed by atoms with Crippen LogP contribution in [0, 0.1) is 17.8 Å². The molecule has 0 radical (unpaired) electrons. The summed E-state index contributed by atoms with van der Waals surface area (Å²) < 4.78 is 11.3. The van der Waals surface area contributed by atoms with E-state index in [1.165, 1.54) is 13.1 Å². The van der Waals surface area contributed by atoms with Gasteiger partial charge in [0, 0.05) is 19.5 Å². The van der Waals surface area contributed by atoms with Crippen LogP contribution in [0.5, 0.6) is 5.75 Å². The molecule has 14 heteroatoms. The molecule has 1 aliphatic rings. The van der Waals surface area contributed by atoms with E-state index in [0.717, 1.165) is 48.1 Å². The first-order chi connectivity index (χ1) is 28.4. The lowest BCUT2D eigenvalue weighted by Crippen LogP contribution is -2.49. The molecule has 5 rings (SSSR count). The van der Waals surface area contributed by atoms with Gasteiger partial charge in [0.05, 0.1) is 37.2 Å². The first-order valence-electron chi connectivity index (χ1n) is 20.2. The molecule has 0 unspecified atom stereocenters. The van der Waals surface area contributed by atoms with Crippen molar-refractivity contribution in [1.82, 2.24) is 25.8 Å². The van der Waals surface area contributed by atoms with Crippen LogP contribution < -0.4 is 26.4 Å². The summed E-state index contributed by atoms with van der Waals surface area (Å²) in [5.41, 5.74) is 8.26. The van der Waals surface area contributed by atoms with Gasteiger partial charge in [-0.2, -0.15) is 0 Å². The number of nitrogen functional groups attached to an aromatic ring is 1. The van der Waals surface area contributed by atoms with Gasteiger partial charge in [-0.25, -0.2) is 4.98 Å². The molecule has 59 heavy (non-hydrogen) atoms. The predicted octanol–water partition coefficient (Wildman–Crippen LogP) is 5.69. The van der Waals surface area contributed by atoms with Gasteiger partial charge in [-0.1, -0.05) is 113 Å². The van der Waals surface area contributed by atoms with E-state index in [-0.39, 0.29) is 35.9 Å². The second kappa shape index (κ2) is 21.4. The molecular formula is C45H54N6O8. The average molecular weight is 807 g/mol. The fourth-order valence-corrected chi connectivity index (χ4v) is 7.01. The lowest BCUT2D eigenvalue weighted by molar-refractivity contribution is -0.137. The number of anilines is 1. The number of hydrogen-bond donors (Lipinski definition) is 4. The Morgan fingerprint density at radius 1 is 0.814 bits per heavy atom. The summed E-state index contributed by atoms with van der Waals surface area (Å²) in [6.07, 6.45) is 5.76. The average Bonchev–Trinajstić information content (AvgIpc) is 3.77. The highest BCUT2D eigenvalue weighted by Crippen LogP contribution is 2.25. The number of Topliss-reactive ketones (excluding diaryl/α,β-unsaturated/α-hetero) is 1. The molecule has 1 saturated heterocycles. The molecule has 0 aliphatic carbocycles. The van der Waals surface area contributed by atoms with Crippen LogP contribution in [0.2, 0.25) is 0 Å². The SMILES string of the molecule is CC(C)[C@H](NC(=O)C[C@H](NC(=O)CCCCCCCOc1ccc(CN(Cc2ccccc2)C(=O)c2cnc(N)o2)cc1)c1ccccc1)C(=O)[C@@H]1C(=O)NC(=O)[C@H]1C. The normalized spacial score (nSPS) is 15.9. The molecule has 4 atom stereocenters. The zero-order chi connectivity index (χ0) is 42.3. The first-order valence-corrected chi connectivity index (χ1v) is 20.2. The van der Waals surface area contributed by atoms with E-state index in [4.69, 9.17) is 14.9 Å². The third-order valence-electron chi connectivity index (χ3n) is 10.3. The summed E-state index contributed by atoms with van der Waals surface area (Å²) in [5.74, 6) is -4.09. The lowest BCUT2D eigenvalue weighted by Gasteiger charge is -2.26. The van der Waals surface area contributed by atoms with Gasteiger partial charge >= 0.3 is 0 Å². The van der Waals surface area contributed by atoms with Crippen molar-refractivity contribution in [2.45, 2.75) is 90.9 Å². The molecule has 312 valence electrons. The largest absolute Gasteiger partial charge is 0.494 e. The summed E-state index contributed by atoms with van der Waals surface area (Å²) in [5, 5.41) is 7.97. The van der Waals surface area contributed by atoms with Crippen LogP contribution in [0.25, 0.3) is 0 Å². The highest BCUT2D eigenvalue weighted by Gasteiger charge is 2.46. The Bertz CT molecular complexity index is 2040. The number of imide groups is 1. The van der Waals surface area contributed by atoms with Crippen molar-refractivity contribution >= 4 is 41.3 Å². The summed E-state index contributed by atoms with van der Waals surface area (Å²) in [6.45, 7) is 6.33. The molecule has 1 aromatic heterocycles. The van der Waals surface area contributed by atoms with Crippen LogP contribution in [-0.4, -0.2) is 57.9 Å². The number of carbonyl (C=O) groups is 6. The Hall–Kier alpha value is -6.31. The molecule has 4 aromatic rings. The quantitative estimate of drug-likeness (QED) is 0.0435. The fourth-order valence-electron chi connectivity index (χ4n) is 7.01. The van der Waals surface area contributed by atoms with E-state index >= 15 is 0 Å². The summed E-state index contributed by atoms with van der Waals surface area (Å²) >= 11 is 0. The van der Waals surface area contributed by atoms with E-state index in [1.807, 2.05) is 84.9 Å². The number of oxazole rings is 1. The molecule has 1 aliphatic heterocycles. The smallest absolute Gasteiger partial charge is 0.292 e. The number of aromatic nitrogens is 1. The van der Waals surface area contributed by atoms with Crippen molar-refractivity contribution in [3.8, 4) is 5.75 Å². The van der Waals surface area contributed by atoms with E-state index < -0.39 is 47.4 Å². The molecule has 5 amide bonds.